The Morgan fingerprint density at radius 3 is 2.11 bits per heavy atom. The number of benzene rings is 3. The molecule has 0 aromatic heterocycles. The number of carbonyl (C=O) groups excluding carboxylic acids is 2. The van der Waals surface area contributed by atoms with Crippen LogP contribution in [-0.4, -0.2) is 68.2 Å². The van der Waals surface area contributed by atoms with Gasteiger partial charge in [0.25, 0.3) is 5.91 Å². The van der Waals surface area contributed by atoms with Crippen molar-refractivity contribution in [3.63, 3.8) is 0 Å². The fourth-order valence-corrected chi connectivity index (χ4v) is 5.96. The van der Waals surface area contributed by atoms with Crippen LogP contribution in [0.15, 0.2) is 83.8 Å². The Balaban J connectivity index is 1.34. The second kappa shape index (κ2) is 11.7. The van der Waals surface area contributed by atoms with Crippen LogP contribution in [0.2, 0.25) is 0 Å². The monoisotopic (exact) mass is 538 g/mol. The van der Waals surface area contributed by atoms with Crippen LogP contribution in [0.4, 0.5) is 15.8 Å². The summed E-state index contributed by atoms with van der Waals surface area (Å²) in [6.07, 6.45) is 0. The van der Waals surface area contributed by atoms with Gasteiger partial charge in [0, 0.05) is 43.6 Å². The van der Waals surface area contributed by atoms with Crippen molar-refractivity contribution < 1.29 is 22.4 Å². The predicted octanol–water partition coefficient (Wildman–Crippen LogP) is 3.83. The highest BCUT2D eigenvalue weighted by atomic mass is 32.2. The van der Waals surface area contributed by atoms with Gasteiger partial charge in [-0.3, -0.25) is 9.59 Å². The smallest absolute Gasteiger partial charge is 0.256 e. The van der Waals surface area contributed by atoms with Crippen LogP contribution in [0.5, 0.6) is 0 Å². The molecule has 8 nitrogen and oxygen atoms in total. The Bertz CT molecular complexity index is 1370. The molecule has 1 heterocycles. The van der Waals surface area contributed by atoms with Crippen LogP contribution in [0.25, 0.3) is 0 Å². The lowest BCUT2D eigenvalue weighted by atomic mass is 10.1. The van der Waals surface area contributed by atoms with Crippen LogP contribution < -0.4 is 10.2 Å². The fourth-order valence-electron chi connectivity index (χ4n) is 4.34. The minimum Gasteiger partial charge on any atom is -0.368 e. The Labute approximate surface area is 222 Å². The summed E-state index contributed by atoms with van der Waals surface area (Å²) in [6, 6.07) is 20.9. The number of piperazine rings is 1. The molecule has 3 aromatic rings. The largest absolute Gasteiger partial charge is 0.368 e. The molecule has 200 valence electrons. The van der Waals surface area contributed by atoms with E-state index in [-0.39, 0.29) is 22.9 Å². The molecule has 1 aliphatic heterocycles. The zero-order chi connectivity index (χ0) is 27.3. The number of nitrogens with one attached hydrogen (secondary N) is 1. The number of amides is 2. The SMILES string of the molecule is CC(C)N(CC(=O)Nc1ccc(N2CCN(C(=O)c3ccccc3F)CC2)cc1)S(=O)(=O)c1ccccc1. The normalized spacial score (nSPS) is 14.1. The van der Waals surface area contributed by atoms with E-state index in [1.54, 1.807) is 61.2 Å². The number of rotatable bonds is 8. The highest BCUT2D eigenvalue weighted by Gasteiger charge is 2.29. The Kier molecular flexibility index (Phi) is 8.43. The second-order valence-corrected chi connectivity index (χ2v) is 11.2. The van der Waals surface area contributed by atoms with Crippen LogP contribution in [0, 0.1) is 5.82 Å². The zero-order valence-electron chi connectivity index (χ0n) is 21.4. The average molecular weight is 539 g/mol. The van der Waals surface area contributed by atoms with E-state index in [0.717, 1.165) is 5.69 Å². The van der Waals surface area contributed by atoms with Gasteiger partial charge in [0.15, 0.2) is 0 Å². The molecule has 4 rings (SSSR count). The maximum Gasteiger partial charge on any atom is 0.256 e. The molecular formula is C28H31FN4O4S. The average Bonchev–Trinajstić information content (AvgIpc) is 2.92. The third-order valence-electron chi connectivity index (χ3n) is 6.41. The molecule has 3 aromatic carbocycles. The van der Waals surface area contributed by atoms with Gasteiger partial charge in [0.2, 0.25) is 15.9 Å². The first-order chi connectivity index (χ1) is 18.2. The third kappa shape index (κ3) is 6.20. The van der Waals surface area contributed by atoms with Crippen LogP contribution in [-0.2, 0) is 14.8 Å². The first kappa shape index (κ1) is 27.3. The second-order valence-electron chi connectivity index (χ2n) is 9.31. The molecular weight excluding hydrogens is 507 g/mol. The number of hydrogen-bond donors (Lipinski definition) is 1. The fraction of sp³-hybridized carbons (Fsp3) is 0.286. The van der Waals surface area contributed by atoms with Crippen molar-refractivity contribution >= 4 is 33.2 Å². The molecule has 1 fully saturated rings. The summed E-state index contributed by atoms with van der Waals surface area (Å²) in [5.41, 5.74) is 1.55. The highest BCUT2D eigenvalue weighted by molar-refractivity contribution is 7.89. The number of anilines is 2. The van der Waals surface area contributed by atoms with Crippen LogP contribution >= 0.6 is 0 Å². The van der Waals surface area contributed by atoms with E-state index in [0.29, 0.717) is 31.9 Å². The Morgan fingerprint density at radius 1 is 0.895 bits per heavy atom. The Hall–Kier alpha value is -3.76. The van der Waals surface area contributed by atoms with Crippen molar-refractivity contribution in [2.24, 2.45) is 0 Å². The van der Waals surface area contributed by atoms with Crippen molar-refractivity contribution in [1.29, 1.82) is 0 Å². The number of carbonyl (C=O) groups is 2. The van der Waals surface area contributed by atoms with Crippen LogP contribution in [0.1, 0.15) is 24.2 Å². The molecule has 0 atom stereocenters. The van der Waals surface area contributed by atoms with Gasteiger partial charge in [-0.05, 0) is 62.4 Å². The molecule has 0 bridgehead atoms. The van der Waals surface area contributed by atoms with Crippen molar-refractivity contribution in [2.75, 3.05) is 42.9 Å². The predicted molar refractivity (Wildman–Crippen MR) is 145 cm³/mol. The number of hydrogen-bond acceptors (Lipinski definition) is 5. The van der Waals surface area contributed by atoms with Crippen molar-refractivity contribution in [3.05, 3.63) is 90.2 Å². The summed E-state index contributed by atoms with van der Waals surface area (Å²) in [5, 5.41) is 2.77. The molecule has 38 heavy (non-hydrogen) atoms. The van der Waals surface area contributed by atoms with E-state index in [9.17, 15) is 22.4 Å². The maximum absolute atomic E-state index is 14.0. The van der Waals surface area contributed by atoms with E-state index in [1.807, 2.05) is 12.1 Å². The summed E-state index contributed by atoms with van der Waals surface area (Å²) < 4.78 is 41.2. The van der Waals surface area contributed by atoms with E-state index in [1.165, 1.54) is 28.6 Å². The van der Waals surface area contributed by atoms with E-state index in [4.69, 9.17) is 0 Å². The first-order valence-electron chi connectivity index (χ1n) is 12.4. The lowest BCUT2D eigenvalue weighted by Crippen LogP contribution is -2.49. The van der Waals surface area contributed by atoms with Gasteiger partial charge in [-0.25, -0.2) is 12.8 Å². The highest BCUT2D eigenvalue weighted by Crippen LogP contribution is 2.22. The molecule has 0 spiro atoms. The lowest BCUT2D eigenvalue weighted by molar-refractivity contribution is -0.116. The quantitative estimate of drug-likeness (QED) is 0.471. The molecule has 10 heteroatoms. The lowest BCUT2D eigenvalue weighted by Gasteiger charge is -2.36. The minimum atomic E-state index is -3.82. The summed E-state index contributed by atoms with van der Waals surface area (Å²) in [7, 11) is -3.82. The van der Waals surface area contributed by atoms with Gasteiger partial charge >= 0.3 is 0 Å². The minimum absolute atomic E-state index is 0.0774. The van der Waals surface area contributed by atoms with E-state index >= 15 is 0 Å². The number of sulfonamides is 1. The van der Waals surface area contributed by atoms with E-state index < -0.39 is 27.8 Å². The number of halogens is 1. The standard InChI is InChI=1S/C28H31FN4O4S/c1-21(2)33(38(36,37)24-8-4-3-5-9-24)20-27(34)30-22-12-14-23(15-13-22)31-16-18-32(19-17-31)28(35)25-10-6-7-11-26(25)29/h3-15,21H,16-20H2,1-2H3,(H,30,34). The van der Waals surface area contributed by atoms with Gasteiger partial charge in [0.1, 0.15) is 5.82 Å². The molecule has 1 aliphatic rings. The molecule has 0 radical (unpaired) electrons. The molecule has 0 aliphatic carbocycles. The molecule has 0 saturated carbocycles. The van der Waals surface area contributed by atoms with Crippen molar-refractivity contribution in [2.45, 2.75) is 24.8 Å². The third-order valence-corrected chi connectivity index (χ3v) is 8.45. The number of nitrogens with zero attached hydrogens (tertiary/aromatic N) is 3. The molecule has 2 amide bonds. The van der Waals surface area contributed by atoms with Gasteiger partial charge in [0.05, 0.1) is 17.0 Å². The zero-order valence-corrected chi connectivity index (χ0v) is 22.2. The Morgan fingerprint density at radius 2 is 1.50 bits per heavy atom. The van der Waals surface area contributed by atoms with Gasteiger partial charge in [-0.1, -0.05) is 30.3 Å². The van der Waals surface area contributed by atoms with Gasteiger partial charge in [-0.15, -0.1) is 0 Å². The van der Waals surface area contributed by atoms with E-state index in [2.05, 4.69) is 10.2 Å². The van der Waals surface area contributed by atoms with Crippen LogP contribution in [0.3, 0.4) is 0 Å². The molecule has 0 unspecified atom stereocenters. The summed E-state index contributed by atoms with van der Waals surface area (Å²) in [5.74, 6) is -1.27. The van der Waals surface area contributed by atoms with Crippen molar-refractivity contribution in [1.82, 2.24) is 9.21 Å². The maximum atomic E-state index is 14.0. The summed E-state index contributed by atoms with van der Waals surface area (Å²) >= 11 is 0. The van der Waals surface area contributed by atoms with Gasteiger partial charge < -0.3 is 15.1 Å². The topological polar surface area (TPSA) is 90.0 Å². The van der Waals surface area contributed by atoms with Gasteiger partial charge in [-0.2, -0.15) is 4.31 Å². The first-order valence-corrected chi connectivity index (χ1v) is 13.9. The summed E-state index contributed by atoms with van der Waals surface area (Å²) in [6.45, 7) is 5.26. The summed E-state index contributed by atoms with van der Waals surface area (Å²) in [4.78, 5) is 29.3. The van der Waals surface area contributed by atoms with Crippen molar-refractivity contribution in [3.8, 4) is 0 Å². The molecule has 1 N–H and O–H groups in total. The molecule has 1 saturated heterocycles.